The van der Waals surface area contributed by atoms with Crippen molar-refractivity contribution in [3.05, 3.63) is 18.7 Å². The summed E-state index contributed by atoms with van der Waals surface area (Å²) in [6.07, 6.45) is 9.02. The van der Waals surface area contributed by atoms with Crippen LogP contribution in [0.5, 0.6) is 0 Å². The number of nitrogens with one attached hydrogen (secondary N) is 1. The summed E-state index contributed by atoms with van der Waals surface area (Å²) in [7, 11) is 0. The number of rotatable bonds is 9. The quantitative estimate of drug-likeness (QED) is 0.712. The van der Waals surface area contributed by atoms with Crippen LogP contribution in [0.3, 0.4) is 0 Å². The van der Waals surface area contributed by atoms with Gasteiger partial charge in [-0.25, -0.2) is 4.98 Å². The first kappa shape index (κ1) is 15.7. The van der Waals surface area contributed by atoms with Crippen molar-refractivity contribution in [2.45, 2.75) is 52.1 Å². The summed E-state index contributed by atoms with van der Waals surface area (Å²) < 4.78 is 1.97. The third-order valence-electron chi connectivity index (χ3n) is 3.38. The SMILES string of the molecule is CCC(CCN)CCC(=O)NC(C)Cn1ccnc1. The van der Waals surface area contributed by atoms with Crippen LogP contribution in [0.4, 0.5) is 0 Å². The summed E-state index contributed by atoms with van der Waals surface area (Å²) in [6.45, 7) is 5.62. The van der Waals surface area contributed by atoms with E-state index >= 15 is 0 Å². The summed E-state index contributed by atoms with van der Waals surface area (Å²) >= 11 is 0. The number of nitrogens with two attached hydrogens (primary N) is 1. The number of amides is 1. The van der Waals surface area contributed by atoms with Crippen LogP contribution in [-0.2, 0) is 11.3 Å². The van der Waals surface area contributed by atoms with Gasteiger partial charge in [0, 0.05) is 31.4 Å². The molecule has 0 aliphatic heterocycles. The topological polar surface area (TPSA) is 72.9 Å². The van der Waals surface area contributed by atoms with Crippen molar-refractivity contribution >= 4 is 5.91 Å². The second-order valence-corrected chi connectivity index (χ2v) is 5.12. The van der Waals surface area contributed by atoms with Crippen molar-refractivity contribution < 1.29 is 4.79 Å². The van der Waals surface area contributed by atoms with Crippen molar-refractivity contribution in [3.63, 3.8) is 0 Å². The molecule has 2 unspecified atom stereocenters. The first-order chi connectivity index (χ1) is 9.15. The molecule has 5 heteroatoms. The summed E-state index contributed by atoms with van der Waals surface area (Å²) in [6, 6.07) is 0.122. The van der Waals surface area contributed by atoms with Crippen molar-refractivity contribution in [3.8, 4) is 0 Å². The van der Waals surface area contributed by atoms with E-state index in [0.717, 1.165) is 25.8 Å². The molecule has 19 heavy (non-hydrogen) atoms. The van der Waals surface area contributed by atoms with E-state index in [9.17, 15) is 4.79 Å². The van der Waals surface area contributed by atoms with Crippen LogP contribution in [-0.4, -0.2) is 28.0 Å². The molecule has 1 aromatic heterocycles. The molecule has 0 bridgehead atoms. The number of nitrogens with zero attached hydrogens (tertiary/aromatic N) is 2. The van der Waals surface area contributed by atoms with Gasteiger partial charge in [-0.3, -0.25) is 4.79 Å². The van der Waals surface area contributed by atoms with Crippen molar-refractivity contribution in [2.75, 3.05) is 6.54 Å². The molecule has 2 atom stereocenters. The maximum absolute atomic E-state index is 11.8. The van der Waals surface area contributed by atoms with E-state index in [1.807, 2.05) is 17.7 Å². The van der Waals surface area contributed by atoms with Crippen LogP contribution in [0.2, 0.25) is 0 Å². The van der Waals surface area contributed by atoms with Gasteiger partial charge in [0.25, 0.3) is 0 Å². The summed E-state index contributed by atoms with van der Waals surface area (Å²) in [4.78, 5) is 15.8. The fraction of sp³-hybridized carbons (Fsp3) is 0.714. The molecule has 108 valence electrons. The Morgan fingerprint density at radius 1 is 1.47 bits per heavy atom. The lowest BCUT2D eigenvalue weighted by atomic mass is 9.96. The standard InChI is InChI=1S/C14H26N4O/c1-3-13(6-7-15)4-5-14(19)17-12(2)10-18-9-8-16-11-18/h8-9,11-13H,3-7,10,15H2,1-2H3,(H,17,19). The van der Waals surface area contributed by atoms with Gasteiger partial charge < -0.3 is 15.6 Å². The van der Waals surface area contributed by atoms with Gasteiger partial charge in [-0.15, -0.1) is 0 Å². The third-order valence-corrected chi connectivity index (χ3v) is 3.38. The Morgan fingerprint density at radius 3 is 2.84 bits per heavy atom. The molecule has 1 rings (SSSR count). The lowest BCUT2D eigenvalue weighted by molar-refractivity contribution is -0.122. The fourth-order valence-corrected chi connectivity index (χ4v) is 2.23. The van der Waals surface area contributed by atoms with Gasteiger partial charge in [0.2, 0.25) is 5.91 Å². The molecule has 0 saturated heterocycles. The van der Waals surface area contributed by atoms with Crippen LogP contribution in [0, 0.1) is 5.92 Å². The molecule has 0 spiro atoms. The highest BCUT2D eigenvalue weighted by Gasteiger charge is 2.11. The second-order valence-electron chi connectivity index (χ2n) is 5.12. The molecule has 0 fully saturated rings. The minimum Gasteiger partial charge on any atom is -0.352 e. The smallest absolute Gasteiger partial charge is 0.220 e. The number of imidazole rings is 1. The summed E-state index contributed by atoms with van der Waals surface area (Å²) in [5, 5.41) is 3.02. The Kier molecular flexibility index (Phi) is 7.18. The summed E-state index contributed by atoms with van der Waals surface area (Å²) in [5.74, 6) is 0.697. The number of carbonyl (C=O) groups is 1. The molecule has 0 radical (unpaired) electrons. The van der Waals surface area contributed by atoms with Crippen molar-refractivity contribution in [1.82, 2.24) is 14.9 Å². The van der Waals surface area contributed by atoms with Crippen LogP contribution < -0.4 is 11.1 Å². The van der Waals surface area contributed by atoms with Crippen LogP contribution in [0.25, 0.3) is 0 Å². The molecule has 3 N–H and O–H groups in total. The molecular formula is C14H26N4O. The zero-order valence-electron chi connectivity index (χ0n) is 12.0. The van der Waals surface area contributed by atoms with E-state index in [1.165, 1.54) is 0 Å². The largest absolute Gasteiger partial charge is 0.352 e. The maximum atomic E-state index is 11.8. The summed E-state index contributed by atoms with van der Waals surface area (Å²) in [5.41, 5.74) is 5.56. The molecule has 0 aromatic carbocycles. The van der Waals surface area contributed by atoms with Gasteiger partial charge in [-0.05, 0) is 32.2 Å². The highest BCUT2D eigenvalue weighted by Crippen LogP contribution is 2.14. The number of hydrogen-bond donors (Lipinski definition) is 2. The molecule has 0 aliphatic rings. The van der Waals surface area contributed by atoms with Crippen molar-refractivity contribution in [2.24, 2.45) is 11.7 Å². The Labute approximate surface area is 115 Å². The third kappa shape index (κ3) is 6.38. The molecule has 0 saturated carbocycles. The Hall–Kier alpha value is -1.36. The van der Waals surface area contributed by atoms with E-state index in [0.29, 0.717) is 18.9 Å². The Morgan fingerprint density at radius 2 is 2.26 bits per heavy atom. The molecule has 5 nitrogen and oxygen atoms in total. The average molecular weight is 266 g/mol. The highest BCUT2D eigenvalue weighted by atomic mass is 16.1. The number of hydrogen-bond acceptors (Lipinski definition) is 3. The second kappa shape index (κ2) is 8.69. The van der Waals surface area contributed by atoms with Gasteiger partial charge in [0.05, 0.1) is 6.33 Å². The molecule has 1 amide bonds. The van der Waals surface area contributed by atoms with E-state index in [2.05, 4.69) is 17.2 Å². The van der Waals surface area contributed by atoms with Crippen LogP contribution in [0.15, 0.2) is 18.7 Å². The predicted molar refractivity (Wildman–Crippen MR) is 76.5 cm³/mol. The predicted octanol–water partition coefficient (Wildman–Crippen LogP) is 1.54. The van der Waals surface area contributed by atoms with Crippen LogP contribution in [0.1, 0.15) is 39.5 Å². The Balaban J connectivity index is 2.22. The van der Waals surface area contributed by atoms with Gasteiger partial charge in [0.15, 0.2) is 0 Å². The lowest BCUT2D eigenvalue weighted by Crippen LogP contribution is -2.35. The number of carbonyl (C=O) groups excluding carboxylic acids is 1. The van der Waals surface area contributed by atoms with Gasteiger partial charge in [0.1, 0.15) is 0 Å². The highest BCUT2D eigenvalue weighted by molar-refractivity contribution is 5.76. The molecular weight excluding hydrogens is 240 g/mol. The van der Waals surface area contributed by atoms with E-state index < -0.39 is 0 Å². The first-order valence-electron chi connectivity index (χ1n) is 7.10. The molecule has 1 heterocycles. The zero-order chi connectivity index (χ0) is 14.1. The normalized spacial score (nSPS) is 14.1. The van der Waals surface area contributed by atoms with Crippen LogP contribution >= 0.6 is 0 Å². The molecule has 1 aromatic rings. The maximum Gasteiger partial charge on any atom is 0.220 e. The minimum absolute atomic E-state index is 0.122. The number of aromatic nitrogens is 2. The first-order valence-corrected chi connectivity index (χ1v) is 7.10. The van der Waals surface area contributed by atoms with Crippen molar-refractivity contribution in [1.29, 1.82) is 0 Å². The van der Waals surface area contributed by atoms with E-state index in [1.54, 1.807) is 12.5 Å². The lowest BCUT2D eigenvalue weighted by Gasteiger charge is -2.16. The van der Waals surface area contributed by atoms with E-state index in [4.69, 9.17) is 5.73 Å². The minimum atomic E-state index is 0.122. The zero-order valence-corrected chi connectivity index (χ0v) is 12.0. The van der Waals surface area contributed by atoms with Gasteiger partial charge in [-0.2, -0.15) is 0 Å². The Bertz CT molecular complexity index is 350. The van der Waals surface area contributed by atoms with E-state index in [-0.39, 0.29) is 11.9 Å². The average Bonchev–Trinajstić information content (AvgIpc) is 2.86. The van der Waals surface area contributed by atoms with Gasteiger partial charge >= 0.3 is 0 Å². The molecule has 0 aliphatic carbocycles. The fourth-order valence-electron chi connectivity index (χ4n) is 2.23. The monoisotopic (exact) mass is 266 g/mol. The van der Waals surface area contributed by atoms with Gasteiger partial charge in [-0.1, -0.05) is 13.3 Å².